The van der Waals surface area contributed by atoms with Gasteiger partial charge in [0.05, 0.1) is 19.1 Å². The summed E-state index contributed by atoms with van der Waals surface area (Å²) in [4.78, 5) is 22.1. The van der Waals surface area contributed by atoms with Crippen molar-refractivity contribution in [2.45, 2.75) is 12.8 Å². The topological polar surface area (TPSA) is 63.6 Å². The summed E-state index contributed by atoms with van der Waals surface area (Å²) in [6.45, 7) is 0. The molecule has 4 nitrogen and oxygen atoms in total. The number of carbonyl (C=O) groups excluding carboxylic acids is 1. The molecule has 5 heteroatoms. The largest absolute Gasteiger partial charge is 0.496 e. The molecule has 0 aliphatic carbocycles. The Morgan fingerprint density at radius 1 is 1.38 bits per heavy atom. The summed E-state index contributed by atoms with van der Waals surface area (Å²) >= 11 is 2.09. The molecule has 1 aromatic rings. The second-order valence-corrected chi connectivity index (χ2v) is 4.41. The quantitative estimate of drug-likeness (QED) is 0.663. The van der Waals surface area contributed by atoms with Crippen LogP contribution >= 0.6 is 22.6 Å². The minimum atomic E-state index is -0.974. The Labute approximate surface area is 107 Å². The number of rotatable bonds is 5. The smallest absolute Gasteiger partial charge is 0.303 e. The SMILES string of the molecule is COc1ccc(I)cc1C(=O)CCC(=O)O. The molecule has 0 aliphatic heterocycles. The average Bonchev–Trinajstić information content (AvgIpc) is 2.25. The second kappa shape index (κ2) is 5.83. The zero-order chi connectivity index (χ0) is 12.1. The van der Waals surface area contributed by atoms with Gasteiger partial charge in [0, 0.05) is 9.99 Å². The summed E-state index contributed by atoms with van der Waals surface area (Å²) < 4.78 is 5.97. The van der Waals surface area contributed by atoms with Crippen molar-refractivity contribution >= 4 is 34.3 Å². The Hall–Kier alpha value is -1.11. The minimum absolute atomic E-state index is 0.00815. The predicted octanol–water partition coefficient (Wildman–Crippen LogP) is 2.35. The zero-order valence-corrected chi connectivity index (χ0v) is 10.9. The van der Waals surface area contributed by atoms with E-state index >= 15 is 0 Å². The van der Waals surface area contributed by atoms with Gasteiger partial charge in [0.2, 0.25) is 0 Å². The molecule has 0 spiro atoms. The molecule has 86 valence electrons. The van der Waals surface area contributed by atoms with Gasteiger partial charge in [0.15, 0.2) is 5.78 Å². The van der Waals surface area contributed by atoms with Gasteiger partial charge < -0.3 is 9.84 Å². The highest BCUT2D eigenvalue weighted by Crippen LogP contribution is 2.22. The molecule has 0 unspecified atom stereocenters. The molecule has 0 radical (unpaired) electrons. The number of ketones is 1. The van der Waals surface area contributed by atoms with Gasteiger partial charge in [-0.25, -0.2) is 0 Å². The molecule has 16 heavy (non-hydrogen) atoms. The number of hydrogen-bond donors (Lipinski definition) is 1. The van der Waals surface area contributed by atoms with Gasteiger partial charge >= 0.3 is 5.97 Å². The van der Waals surface area contributed by atoms with E-state index in [9.17, 15) is 9.59 Å². The summed E-state index contributed by atoms with van der Waals surface area (Å²) in [5.74, 6) is -0.702. The van der Waals surface area contributed by atoms with Crippen molar-refractivity contribution < 1.29 is 19.4 Å². The van der Waals surface area contributed by atoms with E-state index in [1.807, 2.05) is 6.07 Å². The van der Waals surface area contributed by atoms with Gasteiger partial charge in [-0.1, -0.05) is 0 Å². The lowest BCUT2D eigenvalue weighted by Gasteiger charge is -2.07. The highest BCUT2D eigenvalue weighted by atomic mass is 127. The third kappa shape index (κ3) is 3.48. The van der Waals surface area contributed by atoms with Crippen LogP contribution in [-0.2, 0) is 4.79 Å². The van der Waals surface area contributed by atoms with Gasteiger partial charge in [-0.2, -0.15) is 0 Å². The van der Waals surface area contributed by atoms with Gasteiger partial charge in [-0.3, -0.25) is 9.59 Å². The molecule has 0 amide bonds. The molecular weight excluding hydrogens is 323 g/mol. The molecule has 0 bridgehead atoms. The number of hydrogen-bond acceptors (Lipinski definition) is 3. The van der Waals surface area contributed by atoms with Crippen LogP contribution in [-0.4, -0.2) is 24.0 Å². The van der Waals surface area contributed by atoms with Gasteiger partial charge in [0.1, 0.15) is 5.75 Å². The summed E-state index contributed by atoms with van der Waals surface area (Å²) in [7, 11) is 1.48. The molecule has 0 aliphatic rings. The average molecular weight is 334 g/mol. The van der Waals surface area contributed by atoms with Gasteiger partial charge in [-0.05, 0) is 40.8 Å². The Morgan fingerprint density at radius 3 is 2.62 bits per heavy atom. The van der Waals surface area contributed by atoms with Crippen LogP contribution in [0.3, 0.4) is 0 Å². The Kier molecular flexibility index (Phi) is 4.72. The fraction of sp³-hybridized carbons (Fsp3) is 0.273. The summed E-state index contributed by atoms with van der Waals surface area (Å²) in [5, 5.41) is 8.51. The van der Waals surface area contributed by atoms with E-state index < -0.39 is 5.97 Å². The van der Waals surface area contributed by atoms with Crippen LogP contribution in [0.15, 0.2) is 18.2 Å². The Morgan fingerprint density at radius 2 is 2.06 bits per heavy atom. The first-order valence-corrected chi connectivity index (χ1v) is 5.71. The number of ether oxygens (including phenoxy) is 1. The van der Waals surface area contributed by atoms with E-state index in [2.05, 4.69) is 22.6 Å². The molecule has 0 atom stereocenters. The normalized spacial score (nSPS) is 9.88. The number of Topliss-reactive ketones (excluding diaryl/α,β-unsaturated/α-hetero) is 1. The maximum Gasteiger partial charge on any atom is 0.303 e. The maximum absolute atomic E-state index is 11.7. The number of aliphatic carboxylic acids is 1. The number of carboxylic acid groups (broad SMARTS) is 1. The van der Waals surface area contributed by atoms with Crippen LogP contribution in [0.2, 0.25) is 0 Å². The van der Waals surface area contributed by atoms with Crippen LogP contribution in [0, 0.1) is 3.57 Å². The van der Waals surface area contributed by atoms with Crippen molar-refractivity contribution in [3.8, 4) is 5.75 Å². The monoisotopic (exact) mass is 334 g/mol. The highest BCUT2D eigenvalue weighted by molar-refractivity contribution is 14.1. The number of benzene rings is 1. The molecule has 0 fully saturated rings. The first-order chi connectivity index (χ1) is 7.54. The molecule has 0 saturated heterocycles. The summed E-state index contributed by atoms with van der Waals surface area (Å²) in [6, 6.07) is 5.23. The van der Waals surface area contributed by atoms with Crippen molar-refractivity contribution in [2.24, 2.45) is 0 Å². The molecule has 1 N–H and O–H groups in total. The van der Waals surface area contributed by atoms with E-state index in [0.717, 1.165) is 3.57 Å². The standard InChI is InChI=1S/C11H11IO4/c1-16-10-4-2-7(12)6-8(10)9(13)3-5-11(14)15/h2,4,6H,3,5H2,1H3,(H,14,15). The van der Waals surface area contributed by atoms with Crippen molar-refractivity contribution in [3.63, 3.8) is 0 Å². The fourth-order valence-electron chi connectivity index (χ4n) is 1.25. The highest BCUT2D eigenvalue weighted by Gasteiger charge is 2.13. The van der Waals surface area contributed by atoms with Gasteiger partial charge in [-0.15, -0.1) is 0 Å². The van der Waals surface area contributed by atoms with E-state index in [-0.39, 0.29) is 18.6 Å². The number of methoxy groups -OCH3 is 1. The number of carboxylic acids is 1. The molecule has 0 heterocycles. The lowest BCUT2D eigenvalue weighted by Crippen LogP contribution is -2.06. The molecule has 0 saturated carbocycles. The molecule has 1 aromatic carbocycles. The lowest BCUT2D eigenvalue weighted by molar-refractivity contribution is -0.136. The van der Waals surface area contributed by atoms with Crippen LogP contribution < -0.4 is 4.74 Å². The third-order valence-corrected chi connectivity index (χ3v) is 2.70. The third-order valence-electron chi connectivity index (χ3n) is 2.03. The predicted molar refractivity (Wildman–Crippen MR) is 66.9 cm³/mol. The van der Waals surface area contributed by atoms with Crippen molar-refractivity contribution in [2.75, 3.05) is 7.11 Å². The van der Waals surface area contributed by atoms with Crippen molar-refractivity contribution in [3.05, 3.63) is 27.3 Å². The molecule has 1 rings (SSSR count). The van der Waals surface area contributed by atoms with Crippen LogP contribution in [0.1, 0.15) is 23.2 Å². The summed E-state index contributed by atoms with van der Waals surface area (Å²) in [5.41, 5.74) is 0.440. The minimum Gasteiger partial charge on any atom is -0.496 e. The first-order valence-electron chi connectivity index (χ1n) is 4.63. The van der Waals surface area contributed by atoms with Crippen LogP contribution in [0.4, 0.5) is 0 Å². The Balaban J connectivity index is 2.88. The van der Waals surface area contributed by atoms with Crippen LogP contribution in [0.5, 0.6) is 5.75 Å². The second-order valence-electron chi connectivity index (χ2n) is 3.16. The first kappa shape index (κ1) is 13.0. The van der Waals surface area contributed by atoms with Gasteiger partial charge in [0.25, 0.3) is 0 Å². The fourth-order valence-corrected chi connectivity index (χ4v) is 1.74. The molecule has 0 aromatic heterocycles. The Bertz CT molecular complexity index is 414. The number of halogens is 1. The lowest BCUT2D eigenvalue weighted by atomic mass is 10.1. The van der Waals surface area contributed by atoms with Crippen molar-refractivity contribution in [1.82, 2.24) is 0 Å². The van der Waals surface area contributed by atoms with E-state index in [0.29, 0.717) is 11.3 Å². The van der Waals surface area contributed by atoms with Crippen molar-refractivity contribution in [1.29, 1.82) is 0 Å². The molecular formula is C11H11IO4. The zero-order valence-electron chi connectivity index (χ0n) is 8.70. The number of carbonyl (C=O) groups is 2. The van der Waals surface area contributed by atoms with Crippen LogP contribution in [0.25, 0.3) is 0 Å². The van der Waals surface area contributed by atoms with E-state index in [1.54, 1.807) is 12.1 Å². The van der Waals surface area contributed by atoms with E-state index in [4.69, 9.17) is 9.84 Å². The maximum atomic E-state index is 11.7. The summed E-state index contributed by atoms with van der Waals surface area (Å²) in [6.07, 6.45) is -0.167. The van der Waals surface area contributed by atoms with E-state index in [1.165, 1.54) is 7.11 Å².